The number of amides is 2. The molecule has 1 aliphatic rings. The molecule has 2 aromatic carbocycles. The van der Waals surface area contributed by atoms with Gasteiger partial charge in [-0.15, -0.1) is 0 Å². The van der Waals surface area contributed by atoms with Gasteiger partial charge in [-0.2, -0.15) is 0 Å². The summed E-state index contributed by atoms with van der Waals surface area (Å²) >= 11 is 0. The molecule has 4 nitrogen and oxygen atoms in total. The minimum atomic E-state index is -0.349. The Bertz CT molecular complexity index is 902. The third kappa shape index (κ3) is 4.69. The molecule has 0 bridgehead atoms. The number of nitrogens with one attached hydrogen (secondary N) is 1. The summed E-state index contributed by atoms with van der Waals surface area (Å²) in [5.41, 5.74) is 3.99. The van der Waals surface area contributed by atoms with Crippen molar-refractivity contribution < 1.29 is 9.59 Å². The Kier molecular flexibility index (Phi) is 5.57. The third-order valence-corrected chi connectivity index (χ3v) is 5.53. The Balaban J connectivity index is 1.73. The summed E-state index contributed by atoms with van der Waals surface area (Å²) in [7, 11) is 0. The molecular formula is C25H32N2O2. The van der Waals surface area contributed by atoms with Crippen molar-refractivity contribution >= 4 is 23.2 Å². The lowest BCUT2D eigenvalue weighted by molar-refractivity contribution is -0.122. The van der Waals surface area contributed by atoms with Gasteiger partial charge in [-0.25, -0.2) is 0 Å². The predicted octanol–water partition coefficient (Wildman–Crippen LogP) is 5.27. The van der Waals surface area contributed by atoms with Gasteiger partial charge in [0.05, 0.1) is 5.92 Å². The van der Waals surface area contributed by atoms with E-state index in [2.05, 4.69) is 59.0 Å². The lowest BCUT2D eigenvalue weighted by Crippen LogP contribution is -2.29. The molecule has 1 aliphatic heterocycles. The van der Waals surface area contributed by atoms with Crippen molar-refractivity contribution in [2.75, 3.05) is 16.8 Å². The molecule has 3 rings (SSSR count). The molecule has 0 aliphatic carbocycles. The number of hydrogen-bond acceptors (Lipinski definition) is 2. The van der Waals surface area contributed by atoms with Crippen LogP contribution in [0.4, 0.5) is 11.4 Å². The Morgan fingerprint density at radius 1 is 0.931 bits per heavy atom. The zero-order valence-corrected chi connectivity index (χ0v) is 18.4. The standard InChI is InChI=1S/C25H32N2O2/c1-24(2,3)18-11-13-19(14-12-18)27-16-17(15-22(27)28)23(29)26-21-10-8-7-9-20(21)25(4,5)6/h7-14,17H,15-16H2,1-6H3,(H,26,29). The third-order valence-electron chi connectivity index (χ3n) is 5.53. The van der Waals surface area contributed by atoms with E-state index in [0.717, 1.165) is 16.9 Å². The van der Waals surface area contributed by atoms with E-state index in [1.54, 1.807) is 4.90 Å². The lowest BCUT2D eigenvalue weighted by Gasteiger charge is -2.24. The molecule has 1 unspecified atom stereocenters. The largest absolute Gasteiger partial charge is 0.326 e. The summed E-state index contributed by atoms with van der Waals surface area (Å²) < 4.78 is 0. The first-order valence-electron chi connectivity index (χ1n) is 10.3. The van der Waals surface area contributed by atoms with E-state index in [1.807, 2.05) is 36.4 Å². The molecule has 1 saturated heterocycles. The highest BCUT2D eigenvalue weighted by molar-refractivity contribution is 6.03. The van der Waals surface area contributed by atoms with E-state index in [1.165, 1.54) is 5.56 Å². The van der Waals surface area contributed by atoms with Gasteiger partial charge in [0.1, 0.15) is 0 Å². The fraction of sp³-hybridized carbons (Fsp3) is 0.440. The summed E-state index contributed by atoms with van der Waals surface area (Å²) in [5, 5.41) is 3.06. The monoisotopic (exact) mass is 392 g/mol. The van der Waals surface area contributed by atoms with Crippen LogP contribution in [0.5, 0.6) is 0 Å². The van der Waals surface area contributed by atoms with E-state index in [4.69, 9.17) is 0 Å². The molecule has 1 atom stereocenters. The zero-order valence-electron chi connectivity index (χ0n) is 18.4. The number of nitrogens with zero attached hydrogens (tertiary/aromatic N) is 1. The maximum Gasteiger partial charge on any atom is 0.229 e. The van der Waals surface area contributed by atoms with Gasteiger partial charge < -0.3 is 10.2 Å². The first-order valence-corrected chi connectivity index (χ1v) is 10.3. The molecule has 0 saturated carbocycles. The van der Waals surface area contributed by atoms with E-state index >= 15 is 0 Å². The maximum atomic E-state index is 12.9. The normalized spacial score (nSPS) is 17.5. The summed E-state index contributed by atoms with van der Waals surface area (Å²) in [5.74, 6) is -0.445. The van der Waals surface area contributed by atoms with Crippen LogP contribution in [0.15, 0.2) is 48.5 Å². The van der Waals surface area contributed by atoms with Gasteiger partial charge in [0.15, 0.2) is 0 Å². The number of carbonyl (C=O) groups excluding carboxylic acids is 2. The highest BCUT2D eigenvalue weighted by atomic mass is 16.2. The maximum absolute atomic E-state index is 12.9. The van der Waals surface area contributed by atoms with Crippen LogP contribution in [0.1, 0.15) is 59.1 Å². The average molecular weight is 393 g/mol. The Morgan fingerprint density at radius 2 is 1.55 bits per heavy atom. The minimum absolute atomic E-state index is 0.00207. The fourth-order valence-electron chi connectivity index (χ4n) is 3.76. The number of para-hydroxylation sites is 1. The number of carbonyl (C=O) groups is 2. The average Bonchev–Trinajstić information content (AvgIpc) is 3.02. The minimum Gasteiger partial charge on any atom is -0.326 e. The first kappa shape index (κ1) is 21.1. The van der Waals surface area contributed by atoms with Crippen molar-refractivity contribution in [3.63, 3.8) is 0 Å². The highest BCUT2D eigenvalue weighted by Crippen LogP contribution is 2.32. The summed E-state index contributed by atoms with van der Waals surface area (Å²) in [6.07, 6.45) is 0.241. The predicted molar refractivity (Wildman–Crippen MR) is 119 cm³/mol. The second-order valence-corrected chi connectivity index (χ2v) is 9.99. The van der Waals surface area contributed by atoms with Gasteiger partial charge in [0.25, 0.3) is 0 Å². The molecule has 1 fully saturated rings. The molecule has 0 aromatic heterocycles. The van der Waals surface area contributed by atoms with Crippen LogP contribution < -0.4 is 10.2 Å². The molecule has 154 valence electrons. The van der Waals surface area contributed by atoms with Gasteiger partial charge in [-0.1, -0.05) is 71.9 Å². The topological polar surface area (TPSA) is 49.4 Å². The molecule has 1 heterocycles. The van der Waals surface area contributed by atoms with Gasteiger partial charge in [0, 0.05) is 24.3 Å². The van der Waals surface area contributed by atoms with Gasteiger partial charge in [-0.05, 0) is 40.2 Å². The van der Waals surface area contributed by atoms with Crippen LogP contribution in [-0.2, 0) is 20.4 Å². The number of anilines is 2. The quantitative estimate of drug-likeness (QED) is 0.773. The molecule has 2 amide bonds. The molecule has 4 heteroatoms. The van der Waals surface area contributed by atoms with Gasteiger partial charge in [-0.3, -0.25) is 9.59 Å². The van der Waals surface area contributed by atoms with Crippen molar-refractivity contribution in [2.24, 2.45) is 5.92 Å². The van der Waals surface area contributed by atoms with E-state index in [0.29, 0.717) is 6.54 Å². The SMILES string of the molecule is CC(C)(C)c1ccc(N2CC(C(=O)Nc3ccccc3C(C)(C)C)CC2=O)cc1. The second kappa shape index (κ2) is 7.66. The van der Waals surface area contributed by atoms with Crippen molar-refractivity contribution in [2.45, 2.75) is 58.8 Å². The van der Waals surface area contributed by atoms with Crippen LogP contribution in [-0.4, -0.2) is 18.4 Å². The number of rotatable bonds is 3. The molecule has 0 spiro atoms. The van der Waals surface area contributed by atoms with Crippen molar-refractivity contribution in [3.05, 3.63) is 59.7 Å². The van der Waals surface area contributed by atoms with E-state index < -0.39 is 0 Å². The van der Waals surface area contributed by atoms with E-state index in [9.17, 15) is 9.59 Å². The highest BCUT2D eigenvalue weighted by Gasteiger charge is 2.35. The van der Waals surface area contributed by atoms with Gasteiger partial charge in [0.2, 0.25) is 11.8 Å². The molecule has 2 aromatic rings. The van der Waals surface area contributed by atoms with Crippen LogP contribution in [0.3, 0.4) is 0 Å². The number of hydrogen-bond donors (Lipinski definition) is 1. The van der Waals surface area contributed by atoms with Crippen molar-refractivity contribution in [1.29, 1.82) is 0 Å². The van der Waals surface area contributed by atoms with Crippen molar-refractivity contribution in [3.8, 4) is 0 Å². The first-order chi connectivity index (χ1) is 13.5. The van der Waals surface area contributed by atoms with Crippen LogP contribution in [0.2, 0.25) is 0 Å². The van der Waals surface area contributed by atoms with Crippen LogP contribution in [0.25, 0.3) is 0 Å². The molecular weight excluding hydrogens is 360 g/mol. The van der Waals surface area contributed by atoms with Gasteiger partial charge >= 0.3 is 0 Å². The Morgan fingerprint density at radius 3 is 2.14 bits per heavy atom. The summed E-state index contributed by atoms with van der Waals surface area (Å²) in [4.78, 5) is 27.2. The summed E-state index contributed by atoms with van der Waals surface area (Å²) in [6, 6.07) is 16.0. The van der Waals surface area contributed by atoms with Crippen molar-refractivity contribution in [1.82, 2.24) is 0 Å². The van der Waals surface area contributed by atoms with Crippen LogP contribution in [0, 0.1) is 5.92 Å². The Labute approximate surface area is 174 Å². The summed E-state index contributed by atoms with van der Waals surface area (Å²) in [6.45, 7) is 13.3. The molecule has 29 heavy (non-hydrogen) atoms. The van der Waals surface area contributed by atoms with E-state index in [-0.39, 0.29) is 35.0 Å². The smallest absolute Gasteiger partial charge is 0.229 e. The lowest BCUT2D eigenvalue weighted by atomic mass is 9.85. The van der Waals surface area contributed by atoms with Crippen LogP contribution >= 0.6 is 0 Å². The number of benzene rings is 2. The fourth-order valence-corrected chi connectivity index (χ4v) is 3.76. The second-order valence-electron chi connectivity index (χ2n) is 9.99. The molecule has 1 N–H and O–H groups in total. The molecule has 0 radical (unpaired) electrons. The zero-order chi connectivity index (χ0) is 21.4. The Hall–Kier alpha value is -2.62.